The Morgan fingerprint density at radius 1 is 1.33 bits per heavy atom. The maximum absolute atomic E-state index is 12.1. The van der Waals surface area contributed by atoms with Gasteiger partial charge in [-0.1, -0.05) is 23.2 Å². The fourth-order valence-corrected chi connectivity index (χ4v) is 2.96. The van der Waals surface area contributed by atoms with E-state index in [2.05, 4.69) is 4.74 Å². The van der Waals surface area contributed by atoms with Crippen LogP contribution in [0.4, 0.5) is 0 Å². The van der Waals surface area contributed by atoms with Gasteiger partial charge in [-0.2, -0.15) is 4.72 Å². The highest BCUT2D eigenvalue weighted by molar-refractivity contribution is 7.89. The molecule has 0 aliphatic carbocycles. The van der Waals surface area contributed by atoms with Crippen molar-refractivity contribution in [3.63, 3.8) is 0 Å². The molecule has 0 heterocycles. The van der Waals surface area contributed by atoms with Crippen molar-refractivity contribution >= 4 is 45.2 Å². The average molecular weight is 356 g/mol. The lowest BCUT2D eigenvalue weighted by atomic mass is 10.2. The Morgan fingerprint density at radius 2 is 1.95 bits per heavy atom. The number of aliphatic carboxylic acids is 1. The van der Waals surface area contributed by atoms with E-state index < -0.39 is 34.4 Å². The Morgan fingerprint density at radius 3 is 2.43 bits per heavy atom. The first kappa shape index (κ1) is 17.7. The molecule has 2 N–H and O–H groups in total. The molecule has 0 saturated heterocycles. The summed E-state index contributed by atoms with van der Waals surface area (Å²) in [4.78, 5) is 21.8. The van der Waals surface area contributed by atoms with Gasteiger partial charge in [0.15, 0.2) is 0 Å². The normalized spacial score (nSPS) is 12.7. The first-order valence-corrected chi connectivity index (χ1v) is 7.68. The fourth-order valence-electron chi connectivity index (χ4n) is 1.39. The lowest BCUT2D eigenvalue weighted by Gasteiger charge is -2.15. The van der Waals surface area contributed by atoms with E-state index in [1.807, 2.05) is 4.72 Å². The number of methoxy groups -OCH3 is 1. The minimum Gasteiger partial charge on any atom is -0.481 e. The summed E-state index contributed by atoms with van der Waals surface area (Å²) < 4.78 is 30.5. The molecule has 0 aromatic heterocycles. The summed E-state index contributed by atoms with van der Waals surface area (Å²) in [5, 5.41) is 8.86. The Hall–Kier alpha value is -1.35. The molecule has 1 aromatic rings. The summed E-state index contributed by atoms with van der Waals surface area (Å²) in [6.07, 6.45) is -0.757. The lowest BCUT2D eigenvalue weighted by Crippen LogP contribution is -2.42. The van der Waals surface area contributed by atoms with E-state index in [-0.39, 0.29) is 14.9 Å². The summed E-state index contributed by atoms with van der Waals surface area (Å²) in [6.45, 7) is 0. The summed E-state index contributed by atoms with van der Waals surface area (Å²) in [5.74, 6) is -2.37. The number of sulfonamides is 1. The SMILES string of the molecule is COC(=O)[C@@H](CC(=O)O)NS(=O)(=O)c1ccc(Cl)c(Cl)c1. The highest BCUT2D eigenvalue weighted by atomic mass is 35.5. The largest absolute Gasteiger partial charge is 0.481 e. The molecule has 10 heteroatoms. The minimum atomic E-state index is -4.16. The number of esters is 1. The Kier molecular flexibility index (Phi) is 5.97. The van der Waals surface area contributed by atoms with Gasteiger partial charge in [0.2, 0.25) is 10.0 Å². The van der Waals surface area contributed by atoms with E-state index in [1.54, 1.807) is 0 Å². The molecular weight excluding hydrogens is 345 g/mol. The van der Waals surface area contributed by atoms with Gasteiger partial charge in [-0.3, -0.25) is 9.59 Å². The lowest BCUT2D eigenvalue weighted by molar-refractivity contribution is -0.147. The first-order chi connectivity index (χ1) is 9.67. The number of benzene rings is 1. The Bertz CT molecular complexity index is 661. The van der Waals surface area contributed by atoms with Crippen molar-refractivity contribution in [3.05, 3.63) is 28.2 Å². The number of carbonyl (C=O) groups excluding carboxylic acids is 1. The molecule has 116 valence electrons. The van der Waals surface area contributed by atoms with Crippen molar-refractivity contribution < 1.29 is 27.9 Å². The molecule has 0 aliphatic rings. The first-order valence-electron chi connectivity index (χ1n) is 5.44. The molecule has 0 radical (unpaired) electrons. The average Bonchev–Trinajstić information content (AvgIpc) is 2.39. The van der Waals surface area contributed by atoms with Gasteiger partial charge in [-0.05, 0) is 18.2 Å². The van der Waals surface area contributed by atoms with Crippen LogP contribution in [0.25, 0.3) is 0 Å². The summed E-state index contributed by atoms with van der Waals surface area (Å²) in [6, 6.07) is 1.97. The van der Waals surface area contributed by atoms with E-state index in [0.29, 0.717) is 0 Å². The highest BCUT2D eigenvalue weighted by Crippen LogP contribution is 2.24. The van der Waals surface area contributed by atoms with Gasteiger partial charge in [0, 0.05) is 0 Å². The third kappa shape index (κ3) is 4.85. The van der Waals surface area contributed by atoms with Gasteiger partial charge in [-0.25, -0.2) is 8.42 Å². The molecule has 0 aliphatic heterocycles. The van der Waals surface area contributed by atoms with Gasteiger partial charge in [0.1, 0.15) is 6.04 Å². The molecule has 1 rings (SSSR count). The number of carboxylic acids is 1. The van der Waals surface area contributed by atoms with Crippen LogP contribution in [0, 0.1) is 0 Å². The van der Waals surface area contributed by atoms with Gasteiger partial charge >= 0.3 is 11.9 Å². The summed E-state index contributed by atoms with van der Waals surface area (Å²) >= 11 is 11.4. The number of carbonyl (C=O) groups is 2. The van der Waals surface area contributed by atoms with Crippen LogP contribution in [-0.4, -0.2) is 38.6 Å². The topological polar surface area (TPSA) is 110 Å². The van der Waals surface area contributed by atoms with E-state index in [4.69, 9.17) is 28.3 Å². The molecule has 7 nitrogen and oxygen atoms in total. The van der Waals surface area contributed by atoms with Crippen LogP contribution in [0.5, 0.6) is 0 Å². The van der Waals surface area contributed by atoms with Crippen LogP contribution in [-0.2, 0) is 24.3 Å². The Labute approximate surface area is 130 Å². The number of hydrogen-bond acceptors (Lipinski definition) is 5. The highest BCUT2D eigenvalue weighted by Gasteiger charge is 2.28. The van der Waals surface area contributed by atoms with E-state index >= 15 is 0 Å². The van der Waals surface area contributed by atoms with Crippen molar-refractivity contribution in [2.75, 3.05) is 7.11 Å². The zero-order valence-electron chi connectivity index (χ0n) is 10.7. The van der Waals surface area contributed by atoms with Gasteiger partial charge < -0.3 is 9.84 Å². The number of hydrogen-bond donors (Lipinski definition) is 2. The molecule has 0 saturated carbocycles. The maximum Gasteiger partial charge on any atom is 0.324 e. The van der Waals surface area contributed by atoms with E-state index in [1.165, 1.54) is 12.1 Å². The van der Waals surface area contributed by atoms with Crippen molar-refractivity contribution in [3.8, 4) is 0 Å². The predicted molar refractivity (Wildman–Crippen MR) is 74.8 cm³/mol. The third-order valence-electron chi connectivity index (χ3n) is 2.36. The smallest absolute Gasteiger partial charge is 0.324 e. The molecule has 21 heavy (non-hydrogen) atoms. The zero-order valence-corrected chi connectivity index (χ0v) is 13.0. The van der Waals surface area contributed by atoms with Crippen molar-refractivity contribution in [1.29, 1.82) is 0 Å². The monoisotopic (exact) mass is 355 g/mol. The van der Waals surface area contributed by atoms with E-state index in [9.17, 15) is 18.0 Å². The summed E-state index contributed by atoms with van der Waals surface area (Å²) in [7, 11) is -3.14. The maximum atomic E-state index is 12.1. The minimum absolute atomic E-state index is 0.00685. The number of rotatable bonds is 6. The van der Waals surface area contributed by atoms with Gasteiger partial charge in [0.05, 0.1) is 28.5 Å². The van der Waals surface area contributed by atoms with Crippen LogP contribution in [0.1, 0.15) is 6.42 Å². The third-order valence-corrected chi connectivity index (χ3v) is 4.57. The molecule has 0 amide bonds. The van der Waals surface area contributed by atoms with Crippen LogP contribution in [0.3, 0.4) is 0 Å². The van der Waals surface area contributed by atoms with Crippen LogP contribution in [0.15, 0.2) is 23.1 Å². The molecular formula is C11H11Cl2NO6S. The van der Waals surface area contributed by atoms with Crippen LogP contribution < -0.4 is 4.72 Å². The molecule has 1 aromatic carbocycles. The second-order valence-electron chi connectivity index (χ2n) is 3.87. The zero-order chi connectivity index (χ0) is 16.2. The van der Waals surface area contributed by atoms with Crippen LogP contribution in [0.2, 0.25) is 10.0 Å². The number of carboxylic acid groups (broad SMARTS) is 1. The fraction of sp³-hybridized carbons (Fsp3) is 0.273. The van der Waals surface area contributed by atoms with Gasteiger partial charge in [-0.15, -0.1) is 0 Å². The van der Waals surface area contributed by atoms with Crippen molar-refractivity contribution in [1.82, 2.24) is 4.72 Å². The number of ether oxygens (including phenoxy) is 1. The molecule has 0 fully saturated rings. The molecule has 0 unspecified atom stereocenters. The predicted octanol–water partition coefficient (Wildman–Crippen LogP) is 1.29. The number of halogens is 2. The van der Waals surface area contributed by atoms with Crippen molar-refractivity contribution in [2.24, 2.45) is 0 Å². The molecule has 1 atom stereocenters. The standard InChI is InChI=1S/C11H11Cl2NO6S/c1-20-11(17)9(5-10(15)16)14-21(18,19)6-2-3-7(12)8(13)4-6/h2-4,9,14H,5H2,1H3,(H,15,16)/t9-/m1/s1. The van der Waals surface area contributed by atoms with Crippen LogP contribution >= 0.6 is 23.2 Å². The second kappa shape index (κ2) is 7.08. The Balaban J connectivity index is 3.07. The number of nitrogens with one attached hydrogen (secondary N) is 1. The summed E-state index contributed by atoms with van der Waals surface area (Å²) in [5.41, 5.74) is 0. The van der Waals surface area contributed by atoms with Crippen molar-refractivity contribution in [2.45, 2.75) is 17.4 Å². The quantitative estimate of drug-likeness (QED) is 0.744. The molecule has 0 bridgehead atoms. The van der Waals surface area contributed by atoms with Gasteiger partial charge in [0.25, 0.3) is 0 Å². The molecule has 0 spiro atoms. The van der Waals surface area contributed by atoms with E-state index in [0.717, 1.165) is 13.2 Å². The second-order valence-corrected chi connectivity index (χ2v) is 6.40.